The second kappa shape index (κ2) is 12.3. The van der Waals surface area contributed by atoms with E-state index in [4.69, 9.17) is 27.5 Å². The number of methoxy groups -OCH3 is 1. The Labute approximate surface area is 222 Å². The van der Waals surface area contributed by atoms with E-state index in [2.05, 4.69) is 20.9 Å². The number of pyridine rings is 1. The van der Waals surface area contributed by atoms with Gasteiger partial charge in [0.1, 0.15) is 11.6 Å². The van der Waals surface area contributed by atoms with Crippen LogP contribution < -0.4 is 26.4 Å². The zero-order valence-electron chi connectivity index (χ0n) is 20.5. The van der Waals surface area contributed by atoms with Gasteiger partial charge in [0.15, 0.2) is 0 Å². The average molecular weight is 547 g/mol. The molecule has 2 aromatic carbocycles. The van der Waals surface area contributed by atoms with Gasteiger partial charge >= 0.3 is 6.18 Å². The minimum absolute atomic E-state index is 0.0282. The summed E-state index contributed by atoms with van der Waals surface area (Å²) in [4.78, 5) is 17.0. The Morgan fingerprint density at radius 1 is 1.16 bits per heavy atom. The Balaban J connectivity index is 1.66. The first kappa shape index (κ1) is 28.3. The molecular formula is C26H26ClF3N6O2. The zero-order valence-corrected chi connectivity index (χ0v) is 21.3. The highest BCUT2D eigenvalue weighted by molar-refractivity contribution is 6.38. The van der Waals surface area contributed by atoms with E-state index in [1.807, 2.05) is 24.3 Å². The molecule has 3 rings (SSSR count). The number of alkyl halides is 3. The van der Waals surface area contributed by atoms with Crippen LogP contribution in [-0.4, -0.2) is 30.3 Å². The van der Waals surface area contributed by atoms with Gasteiger partial charge < -0.3 is 31.8 Å². The number of hydrogen-bond donors (Lipinski definition) is 5. The molecule has 0 spiro atoms. The van der Waals surface area contributed by atoms with Crippen LogP contribution in [0.1, 0.15) is 34.0 Å². The number of anilines is 2. The van der Waals surface area contributed by atoms with E-state index >= 15 is 0 Å². The SMILES string of the molecule is COc1ccc(CN/C=C(\N)CNc2ncc(C(=O)Nc3ccc(C(F)(F)F)cc3)c(Cl)c2C(C)=N)cc1. The number of nitrogens with zero attached hydrogens (tertiary/aromatic N) is 1. The molecule has 0 saturated heterocycles. The van der Waals surface area contributed by atoms with Crippen molar-refractivity contribution in [1.82, 2.24) is 10.3 Å². The van der Waals surface area contributed by atoms with Crippen LogP contribution in [0.2, 0.25) is 5.02 Å². The first-order chi connectivity index (χ1) is 18.0. The van der Waals surface area contributed by atoms with E-state index in [-0.39, 0.29) is 39.9 Å². The van der Waals surface area contributed by atoms with Crippen LogP contribution in [0.3, 0.4) is 0 Å². The number of amides is 1. The molecule has 1 heterocycles. The van der Waals surface area contributed by atoms with Gasteiger partial charge in [0, 0.05) is 36.0 Å². The number of benzene rings is 2. The maximum Gasteiger partial charge on any atom is 0.416 e. The molecule has 12 heteroatoms. The predicted octanol–water partition coefficient (Wildman–Crippen LogP) is 5.40. The minimum Gasteiger partial charge on any atom is -0.497 e. The van der Waals surface area contributed by atoms with Gasteiger partial charge in [-0.3, -0.25) is 4.79 Å². The molecular weight excluding hydrogens is 521 g/mol. The smallest absolute Gasteiger partial charge is 0.416 e. The number of nitrogens with one attached hydrogen (secondary N) is 4. The number of carbonyl (C=O) groups is 1. The Morgan fingerprint density at radius 3 is 2.39 bits per heavy atom. The predicted molar refractivity (Wildman–Crippen MR) is 142 cm³/mol. The maximum absolute atomic E-state index is 12.8. The summed E-state index contributed by atoms with van der Waals surface area (Å²) in [6.45, 7) is 2.21. The summed E-state index contributed by atoms with van der Waals surface area (Å²) < 4.78 is 43.4. The molecule has 6 N–H and O–H groups in total. The van der Waals surface area contributed by atoms with Crippen LogP contribution in [0, 0.1) is 5.41 Å². The third kappa shape index (κ3) is 7.39. The molecule has 0 aliphatic heterocycles. The average Bonchev–Trinajstić information content (AvgIpc) is 2.87. The van der Waals surface area contributed by atoms with Crippen molar-refractivity contribution >= 4 is 34.7 Å². The summed E-state index contributed by atoms with van der Waals surface area (Å²) in [5.74, 6) is 0.332. The first-order valence-corrected chi connectivity index (χ1v) is 11.6. The van der Waals surface area contributed by atoms with Crippen LogP contribution in [0.5, 0.6) is 5.75 Å². The van der Waals surface area contributed by atoms with Crippen molar-refractivity contribution in [3.8, 4) is 5.75 Å². The van der Waals surface area contributed by atoms with E-state index < -0.39 is 17.6 Å². The van der Waals surface area contributed by atoms with Gasteiger partial charge in [-0.05, 0) is 48.9 Å². The molecule has 0 saturated carbocycles. The fourth-order valence-corrected chi connectivity index (χ4v) is 3.71. The summed E-state index contributed by atoms with van der Waals surface area (Å²) >= 11 is 6.45. The number of halogens is 4. The standard InChI is InChI=1S/C26H26ClF3N6O2/c1-15(31)22-23(27)21(25(37)36-19-7-5-17(6-8-19)26(28,29)30)14-35-24(22)34-13-18(32)12-33-11-16-3-9-20(38-2)10-4-16/h3-10,12,14,31,33H,11,13,32H2,1-2H3,(H,34,35)(H,36,37)/b18-12-,31-15?. The number of aromatic nitrogens is 1. The summed E-state index contributed by atoms with van der Waals surface area (Å²) in [7, 11) is 1.60. The molecule has 1 amide bonds. The van der Waals surface area contributed by atoms with E-state index in [0.29, 0.717) is 12.2 Å². The molecule has 0 radical (unpaired) electrons. The van der Waals surface area contributed by atoms with E-state index in [0.717, 1.165) is 35.6 Å². The van der Waals surface area contributed by atoms with E-state index in [1.54, 1.807) is 13.3 Å². The first-order valence-electron chi connectivity index (χ1n) is 11.3. The topological polar surface area (TPSA) is 125 Å². The van der Waals surface area contributed by atoms with Crippen molar-refractivity contribution in [2.45, 2.75) is 19.6 Å². The molecule has 200 valence electrons. The molecule has 1 aromatic heterocycles. The molecule has 0 atom stereocenters. The van der Waals surface area contributed by atoms with Crippen molar-refractivity contribution < 1.29 is 22.7 Å². The fraction of sp³-hybridized carbons (Fsp3) is 0.192. The normalized spacial score (nSPS) is 11.6. The zero-order chi connectivity index (χ0) is 27.9. The van der Waals surface area contributed by atoms with E-state index in [9.17, 15) is 18.0 Å². The molecule has 38 heavy (non-hydrogen) atoms. The second-order valence-corrected chi connectivity index (χ2v) is 8.54. The molecule has 0 fully saturated rings. The van der Waals surface area contributed by atoms with Gasteiger partial charge in [-0.1, -0.05) is 23.7 Å². The summed E-state index contributed by atoms with van der Waals surface area (Å²) in [5.41, 5.74) is 7.07. The van der Waals surface area contributed by atoms with Crippen molar-refractivity contribution in [3.63, 3.8) is 0 Å². The van der Waals surface area contributed by atoms with Crippen LogP contribution >= 0.6 is 11.6 Å². The van der Waals surface area contributed by atoms with Crippen molar-refractivity contribution in [2.24, 2.45) is 5.73 Å². The van der Waals surface area contributed by atoms with Crippen molar-refractivity contribution in [3.05, 3.63) is 93.9 Å². The molecule has 8 nitrogen and oxygen atoms in total. The lowest BCUT2D eigenvalue weighted by Gasteiger charge is -2.15. The minimum atomic E-state index is -4.49. The Kier molecular flexibility index (Phi) is 9.19. The van der Waals surface area contributed by atoms with Crippen molar-refractivity contribution in [2.75, 3.05) is 24.3 Å². The number of rotatable bonds is 10. The highest BCUT2D eigenvalue weighted by Crippen LogP contribution is 2.31. The third-order valence-electron chi connectivity index (χ3n) is 5.32. The fourth-order valence-electron chi connectivity index (χ4n) is 3.34. The molecule has 0 aliphatic carbocycles. The van der Waals surface area contributed by atoms with Gasteiger partial charge in [-0.15, -0.1) is 0 Å². The van der Waals surface area contributed by atoms with Gasteiger partial charge in [-0.25, -0.2) is 4.98 Å². The molecule has 0 aliphatic rings. The highest BCUT2D eigenvalue weighted by Gasteiger charge is 2.30. The maximum atomic E-state index is 12.8. The van der Waals surface area contributed by atoms with Crippen molar-refractivity contribution in [1.29, 1.82) is 5.41 Å². The summed E-state index contributed by atoms with van der Waals surface area (Å²) in [6.07, 6.45) is -1.62. The third-order valence-corrected chi connectivity index (χ3v) is 5.71. The van der Waals surface area contributed by atoms with Crippen LogP contribution in [-0.2, 0) is 12.7 Å². The number of carbonyl (C=O) groups excluding carboxylic acids is 1. The Morgan fingerprint density at radius 2 is 1.82 bits per heavy atom. The van der Waals surface area contributed by atoms with Crippen LogP contribution in [0.25, 0.3) is 0 Å². The van der Waals surface area contributed by atoms with Gasteiger partial charge in [-0.2, -0.15) is 13.2 Å². The number of ether oxygens (including phenoxy) is 1. The summed E-state index contributed by atoms with van der Waals surface area (Å²) in [5, 5.41) is 16.7. The Hall–Kier alpha value is -4.25. The van der Waals surface area contributed by atoms with Crippen LogP contribution in [0.15, 0.2) is 66.6 Å². The number of nitrogens with two attached hydrogens (primary N) is 1. The second-order valence-electron chi connectivity index (χ2n) is 8.17. The lowest BCUT2D eigenvalue weighted by molar-refractivity contribution is -0.137. The van der Waals surface area contributed by atoms with E-state index in [1.165, 1.54) is 13.1 Å². The molecule has 0 bridgehead atoms. The largest absolute Gasteiger partial charge is 0.497 e. The van der Waals surface area contributed by atoms with Gasteiger partial charge in [0.2, 0.25) is 0 Å². The van der Waals surface area contributed by atoms with Gasteiger partial charge in [0.25, 0.3) is 5.91 Å². The molecule has 0 unspecified atom stereocenters. The van der Waals surface area contributed by atoms with Crippen LogP contribution in [0.4, 0.5) is 24.7 Å². The Bertz CT molecular complexity index is 1330. The van der Waals surface area contributed by atoms with Gasteiger partial charge in [0.05, 0.1) is 35.4 Å². The monoisotopic (exact) mass is 546 g/mol. The molecule has 3 aromatic rings. The number of hydrogen-bond acceptors (Lipinski definition) is 7. The summed E-state index contributed by atoms with van der Waals surface area (Å²) in [6, 6.07) is 11.6. The quantitative estimate of drug-likeness (QED) is 0.217. The highest BCUT2D eigenvalue weighted by atomic mass is 35.5. The lowest BCUT2D eigenvalue weighted by atomic mass is 10.1. The lowest BCUT2D eigenvalue weighted by Crippen LogP contribution is -2.19.